The number of fused-ring (bicyclic) bond motifs is 1. The highest BCUT2D eigenvalue weighted by Crippen LogP contribution is 2.23. The summed E-state index contributed by atoms with van der Waals surface area (Å²) < 4.78 is 0. The lowest BCUT2D eigenvalue weighted by molar-refractivity contribution is 0.0559. The van der Waals surface area contributed by atoms with Gasteiger partial charge in [0.05, 0.1) is 6.17 Å². The quantitative estimate of drug-likeness (QED) is 0.822. The Kier molecular flexibility index (Phi) is 2.97. The van der Waals surface area contributed by atoms with Crippen molar-refractivity contribution in [2.45, 2.75) is 38.9 Å². The molecule has 1 aromatic rings. The molecule has 0 radical (unpaired) electrons. The minimum absolute atomic E-state index is 0.0729. The molecule has 3 nitrogen and oxygen atoms in total. The van der Waals surface area contributed by atoms with E-state index in [9.17, 15) is 4.79 Å². The third-order valence-corrected chi connectivity index (χ3v) is 3.33. The van der Waals surface area contributed by atoms with Gasteiger partial charge in [0.15, 0.2) is 0 Å². The summed E-state index contributed by atoms with van der Waals surface area (Å²) in [5.41, 5.74) is 7.94. The highest BCUT2D eigenvalue weighted by atomic mass is 16.2. The minimum Gasteiger partial charge on any atom is -0.320 e. The SMILES string of the molecule is CCC(C)N1C(=O)c2ccccc2CC1N. The van der Waals surface area contributed by atoms with E-state index in [2.05, 4.69) is 6.92 Å². The summed E-state index contributed by atoms with van der Waals surface area (Å²) >= 11 is 0. The second-order valence-corrected chi connectivity index (χ2v) is 4.40. The third-order valence-electron chi connectivity index (χ3n) is 3.33. The monoisotopic (exact) mass is 218 g/mol. The smallest absolute Gasteiger partial charge is 0.255 e. The number of nitrogens with zero attached hydrogens (tertiary/aromatic N) is 1. The van der Waals surface area contributed by atoms with Gasteiger partial charge in [-0.1, -0.05) is 25.1 Å². The average Bonchev–Trinajstić information content (AvgIpc) is 2.28. The summed E-state index contributed by atoms with van der Waals surface area (Å²) in [6.07, 6.45) is 1.51. The molecule has 1 aliphatic heterocycles. The van der Waals surface area contributed by atoms with E-state index in [0.717, 1.165) is 24.0 Å². The van der Waals surface area contributed by atoms with Crippen molar-refractivity contribution >= 4 is 5.91 Å². The maximum absolute atomic E-state index is 12.3. The highest BCUT2D eigenvalue weighted by molar-refractivity contribution is 5.97. The lowest BCUT2D eigenvalue weighted by Crippen LogP contribution is -2.54. The summed E-state index contributed by atoms with van der Waals surface area (Å²) in [5.74, 6) is 0.0729. The molecule has 16 heavy (non-hydrogen) atoms. The predicted octanol–water partition coefficient (Wildman–Crippen LogP) is 1.77. The van der Waals surface area contributed by atoms with Crippen molar-refractivity contribution in [2.24, 2.45) is 5.73 Å². The normalized spacial score (nSPS) is 21.8. The molecule has 0 saturated heterocycles. The van der Waals surface area contributed by atoms with Crippen molar-refractivity contribution in [2.75, 3.05) is 0 Å². The van der Waals surface area contributed by atoms with E-state index in [4.69, 9.17) is 5.73 Å². The molecule has 3 heteroatoms. The molecule has 1 amide bonds. The number of hydrogen-bond acceptors (Lipinski definition) is 2. The molecule has 0 aromatic heterocycles. The molecule has 0 fully saturated rings. The van der Waals surface area contributed by atoms with Crippen LogP contribution < -0.4 is 5.73 Å². The van der Waals surface area contributed by atoms with Crippen LogP contribution in [0.1, 0.15) is 36.2 Å². The van der Waals surface area contributed by atoms with Crippen LogP contribution in [0.15, 0.2) is 24.3 Å². The van der Waals surface area contributed by atoms with Gasteiger partial charge in [-0.15, -0.1) is 0 Å². The van der Waals surface area contributed by atoms with E-state index in [1.54, 1.807) is 0 Å². The van der Waals surface area contributed by atoms with Crippen LogP contribution in [-0.2, 0) is 6.42 Å². The van der Waals surface area contributed by atoms with Crippen LogP contribution in [0.3, 0.4) is 0 Å². The molecule has 2 N–H and O–H groups in total. The Labute approximate surface area is 96.2 Å². The van der Waals surface area contributed by atoms with E-state index in [-0.39, 0.29) is 18.1 Å². The zero-order valence-corrected chi connectivity index (χ0v) is 9.81. The van der Waals surface area contributed by atoms with Gasteiger partial charge in [-0.25, -0.2) is 0 Å². The Morgan fingerprint density at radius 3 is 2.88 bits per heavy atom. The van der Waals surface area contributed by atoms with Gasteiger partial charge in [-0.2, -0.15) is 0 Å². The van der Waals surface area contributed by atoms with Gasteiger partial charge < -0.3 is 10.6 Å². The van der Waals surface area contributed by atoms with Crippen LogP contribution in [-0.4, -0.2) is 23.0 Å². The van der Waals surface area contributed by atoms with Crippen molar-refractivity contribution in [1.29, 1.82) is 0 Å². The standard InChI is InChI=1S/C13H18N2O/c1-3-9(2)15-12(14)8-10-6-4-5-7-11(10)13(15)16/h4-7,9,12H,3,8,14H2,1-2H3. The van der Waals surface area contributed by atoms with Gasteiger partial charge in [0.2, 0.25) is 0 Å². The number of nitrogens with two attached hydrogens (primary N) is 1. The Morgan fingerprint density at radius 1 is 1.50 bits per heavy atom. The van der Waals surface area contributed by atoms with E-state index < -0.39 is 0 Å². The summed E-state index contributed by atoms with van der Waals surface area (Å²) in [4.78, 5) is 14.1. The number of benzene rings is 1. The Morgan fingerprint density at radius 2 is 2.19 bits per heavy atom. The number of carbonyl (C=O) groups excluding carboxylic acids is 1. The molecule has 1 heterocycles. The van der Waals surface area contributed by atoms with E-state index in [1.165, 1.54) is 0 Å². The molecule has 1 aliphatic rings. The van der Waals surface area contributed by atoms with Crippen LogP contribution >= 0.6 is 0 Å². The first-order valence-corrected chi connectivity index (χ1v) is 5.81. The van der Waals surface area contributed by atoms with Gasteiger partial charge >= 0.3 is 0 Å². The Hall–Kier alpha value is -1.35. The fraction of sp³-hybridized carbons (Fsp3) is 0.462. The average molecular weight is 218 g/mol. The van der Waals surface area contributed by atoms with Gasteiger partial charge in [0.25, 0.3) is 5.91 Å². The lowest BCUT2D eigenvalue weighted by atomic mass is 9.95. The number of rotatable bonds is 2. The van der Waals surface area contributed by atoms with Crippen LogP contribution in [0, 0.1) is 0 Å². The predicted molar refractivity (Wildman–Crippen MR) is 64.0 cm³/mol. The molecular formula is C13H18N2O. The summed E-state index contributed by atoms with van der Waals surface area (Å²) in [6, 6.07) is 7.94. The largest absolute Gasteiger partial charge is 0.320 e. The van der Waals surface area contributed by atoms with Gasteiger partial charge in [-0.05, 0) is 25.0 Å². The van der Waals surface area contributed by atoms with Gasteiger partial charge in [0.1, 0.15) is 0 Å². The molecule has 2 unspecified atom stereocenters. The summed E-state index contributed by atoms with van der Waals surface area (Å²) in [7, 11) is 0. The topological polar surface area (TPSA) is 46.3 Å². The van der Waals surface area contributed by atoms with E-state index in [1.807, 2.05) is 36.1 Å². The van der Waals surface area contributed by atoms with Crippen LogP contribution in [0.5, 0.6) is 0 Å². The first-order chi connectivity index (χ1) is 7.65. The molecule has 0 saturated carbocycles. The maximum atomic E-state index is 12.3. The van der Waals surface area contributed by atoms with Gasteiger partial charge in [-0.3, -0.25) is 4.79 Å². The third kappa shape index (κ3) is 1.71. The van der Waals surface area contributed by atoms with Crippen LogP contribution in [0.4, 0.5) is 0 Å². The fourth-order valence-corrected chi connectivity index (χ4v) is 2.24. The second kappa shape index (κ2) is 4.26. The van der Waals surface area contributed by atoms with Crippen molar-refractivity contribution in [3.8, 4) is 0 Å². The molecule has 1 aromatic carbocycles. The minimum atomic E-state index is -0.183. The van der Waals surface area contributed by atoms with Crippen LogP contribution in [0.25, 0.3) is 0 Å². The molecule has 0 spiro atoms. The van der Waals surface area contributed by atoms with Crippen LogP contribution in [0.2, 0.25) is 0 Å². The summed E-state index contributed by atoms with van der Waals surface area (Å²) in [5, 5.41) is 0. The molecule has 2 rings (SSSR count). The van der Waals surface area contributed by atoms with Crippen molar-refractivity contribution < 1.29 is 4.79 Å². The zero-order chi connectivity index (χ0) is 11.7. The fourth-order valence-electron chi connectivity index (χ4n) is 2.24. The first kappa shape index (κ1) is 11.1. The van der Waals surface area contributed by atoms with Crippen molar-refractivity contribution in [3.05, 3.63) is 35.4 Å². The van der Waals surface area contributed by atoms with E-state index in [0.29, 0.717) is 0 Å². The highest BCUT2D eigenvalue weighted by Gasteiger charge is 2.32. The first-order valence-electron chi connectivity index (χ1n) is 5.81. The van der Waals surface area contributed by atoms with Gasteiger partial charge in [0, 0.05) is 18.0 Å². The zero-order valence-electron chi connectivity index (χ0n) is 9.81. The molecule has 2 atom stereocenters. The Balaban J connectivity index is 2.38. The number of hydrogen-bond donors (Lipinski definition) is 1. The number of amides is 1. The second-order valence-electron chi connectivity index (χ2n) is 4.40. The lowest BCUT2D eigenvalue weighted by Gasteiger charge is -2.38. The Bertz CT molecular complexity index is 403. The maximum Gasteiger partial charge on any atom is 0.255 e. The van der Waals surface area contributed by atoms with E-state index >= 15 is 0 Å². The molecule has 0 aliphatic carbocycles. The number of carbonyl (C=O) groups is 1. The summed E-state index contributed by atoms with van der Waals surface area (Å²) in [6.45, 7) is 4.12. The van der Waals surface area contributed by atoms with Crippen molar-refractivity contribution in [3.63, 3.8) is 0 Å². The molecular weight excluding hydrogens is 200 g/mol. The molecule has 0 bridgehead atoms. The molecule has 86 valence electrons. The van der Waals surface area contributed by atoms with Crippen molar-refractivity contribution in [1.82, 2.24) is 4.90 Å².